The third-order valence-electron chi connectivity index (χ3n) is 5.15. The van der Waals surface area contributed by atoms with Gasteiger partial charge in [-0.25, -0.2) is 14.4 Å². The van der Waals surface area contributed by atoms with Crippen molar-refractivity contribution in [3.8, 4) is 11.6 Å². The molecule has 3 heterocycles. The number of halogens is 2. The zero-order valence-electron chi connectivity index (χ0n) is 15.6. The zero-order chi connectivity index (χ0) is 19.8. The topological polar surface area (TPSA) is 45.4 Å². The summed E-state index contributed by atoms with van der Waals surface area (Å²) in [5.41, 5.74) is 1.41. The molecule has 1 aliphatic heterocycles. The monoisotopic (exact) mass is 408 g/mol. The molecule has 7 heteroatoms. The summed E-state index contributed by atoms with van der Waals surface area (Å²) in [4.78, 5) is 13.7. The van der Waals surface area contributed by atoms with E-state index >= 15 is 0 Å². The molecule has 2 aromatic carbocycles. The maximum Gasteiger partial charge on any atom is 0.198 e. The summed E-state index contributed by atoms with van der Waals surface area (Å²) >= 11 is 6.20. The minimum atomic E-state index is -0.191. The largest absolute Gasteiger partial charge is 0.461 e. The van der Waals surface area contributed by atoms with E-state index in [4.69, 9.17) is 21.0 Å². The molecule has 0 unspecified atom stereocenters. The van der Waals surface area contributed by atoms with Crippen LogP contribution >= 0.6 is 11.6 Å². The Labute approximate surface area is 172 Å². The second-order valence-corrected chi connectivity index (χ2v) is 7.37. The molecular formula is C22H18ClFN4O. The second kappa shape index (κ2) is 7.37. The molecule has 5 nitrogen and oxygen atoms in total. The number of rotatable bonds is 3. The van der Waals surface area contributed by atoms with Gasteiger partial charge in [0.05, 0.1) is 17.5 Å². The van der Waals surface area contributed by atoms with Crippen molar-refractivity contribution in [2.24, 2.45) is 0 Å². The number of hydrogen-bond acceptors (Lipinski definition) is 5. The lowest BCUT2D eigenvalue weighted by molar-refractivity contribution is 0.576. The highest BCUT2D eigenvalue weighted by Gasteiger charge is 2.23. The van der Waals surface area contributed by atoms with Crippen LogP contribution in [0.25, 0.3) is 22.5 Å². The SMILES string of the molecule is Fc1ccccc1N1CCN(c2nc(-c3ccco3)nc3cc(Cl)ccc23)CC1. The second-order valence-electron chi connectivity index (χ2n) is 6.94. The first kappa shape index (κ1) is 17.9. The van der Waals surface area contributed by atoms with Gasteiger partial charge in [0, 0.05) is 36.6 Å². The fraction of sp³-hybridized carbons (Fsp3) is 0.182. The maximum atomic E-state index is 14.2. The van der Waals surface area contributed by atoms with Crippen molar-refractivity contribution in [2.75, 3.05) is 36.0 Å². The van der Waals surface area contributed by atoms with Gasteiger partial charge in [-0.05, 0) is 42.5 Å². The van der Waals surface area contributed by atoms with Crippen molar-refractivity contribution in [1.29, 1.82) is 0 Å². The van der Waals surface area contributed by atoms with Gasteiger partial charge >= 0.3 is 0 Å². The number of nitrogens with zero attached hydrogens (tertiary/aromatic N) is 4. The molecule has 0 radical (unpaired) electrons. The summed E-state index contributed by atoms with van der Waals surface area (Å²) in [6, 6.07) is 16.2. The van der Waals surface area contributed by atoms with Gasteiger partial charge in [-0.3, -0.25) is 0 Å². The Bertz CT molecular complexity index is 1160. The molecule has 146 valence electrons. The summed E-state index contributed by atoms with van der Waals surface area (Å²) in [7, 11) is 0. The summed E-state index contributed by atoms with van der Waals surface area (Å²) in [5, 5.41) is 1.56. The van der Waals surface area contributed by atoms with Crippen LogP contribution in [0.2, 0.25) is 5.02 Å². The Morgan fingerprint density at radius 1 is 0.897 bits per heavy atom. The predicted molar refractivity (Wildman–Crippen MR) is 113 cm³/mol. The van der Waals surface area contributed by atoms with Gasteiger partial charge in [0.1, 0.15) is 11.6 Å². The zero-order valence-corrected chi connectivity index (χ0v) is 16.3. The van der Waals surface area contributed by atoms with Crippen LogP contribution in [0.5, 0.6) is 0 Å². The first-order valence-electron chi connectivity index (χ1n) is 9.45. The molecule has 0 aliphatic carbocycles. The van der Waals surface area contributed by atoms with Crippen molar-refractivity contribution in [3.05, 3.63) is 71.7 Å². The highest BCUT2D eigenvalue weighted by molar-refractivity contribution is 6.31. The van der Waals surface area contributed by atoms with Gasteiger partial charge in [-0.15, -0.1) is 0 Å². The first-order chi connectivity index (χ1) is 14.2. The standard InChI is InChI=1S/C22H18ClFN4O/c23-15-7-8-16-18(14-15)25-21(20-6-3-13-29-20)26-22(16)28-11-9-27(10-12-28)19-5-2-1-4-17(19)24/h1-8,13-14H,9-12H2. The third kappa shape index (κ3) is 3.40. The molecular weight excluding hydrogens is 391 g/mol. The van der Waals surface area contributed by atoms with Gasteiger partial charge in [-0.2, -0.15) is 0 Å². The Morgan fingerprint density at radius 3 is 2.45 bits per heavy atom. The van der Waals surface area contributed by atoms with E-state index in [9.17, 15) is 4.39 Å². The van der Waals surface area contributed by atoms with Crippen molar-refractivity contribution < 1.29 is 8.81 Å². The highest BCUT2D eigenvalue weighted by atomic mass is 35.5. The van der Waals surface area contributed by atoms with Gasteiger partial charge in [0.2, 0.25) is 0 Å². The Morgan fingerprint density at radius 2 is 1.69 bits per heavy atom. The van der Waals surface area contributed by atoms with Gasteiger partial charge in [0.25, 0.3) is 0 Å². The molecule has 2 aromatic heterocycles. The Hall–Kier alpha value is -3.12. The van der Waals surface area contributed by atoms with E-state index in [1.807, 2.05) is 42.5 Å². The van der Waals surface area contributed by atoms with E-state index in [-0.39, 0.29) is 5.82 Å². The van der Waals surface area contributed by atoms with E-state index < -0.39 is 0 Å². The van der Waals surface area contributed by atoms with Crippen LogP contribution in [0, 0.1) is 5.82 Å². The van der Waals surface area contributed by atoms with Crippen LogP contribution in [0.4, 0.5) is 15.9 Å². The van der Waals surface area contributed by atoms with E-state index in [0.717, 1.165) is 29.8 Å². The summed E-state index contributed by atoms with van der Waals surface area (Å²) in [6.45, 7) is 2.85. The molecule has 1 saturated heterocycles. The average Bonchev–Trinajstić information content (AvgIpc) is 3.28. The van der Waals surface area contributed by atoms with E-state index in [2.05, 4.69) is 14.8 Å². The molecule has 1 aliphatic rings. The summed E-state index contributed by atoms with van der Waals surface area (Å²) in [6.07, 6.45) is 1.60. The maximum absolute atomic E-state index is 14.2. The number of aromatic nitrogens is 2. The average molecular weight is 409 g/mol. The molecule has 4 aromatic rings. The van der Waals surface area contributed by atoms with E-state index in [1.165, 1.54) is 6.07 Å². The van der Waals surface area contributed by atoms with Gasteiger partial charge in [-0.1, -0.05) is 23.7 Å². The number of hydrogen-bond donors (Lipinski definition) is 0. The van der Waals surface area contributed by atoms with Gasteiger partial charge in [0.15, 0.2) is 11.6 Å². The number of para-hydroxylation sites is 1. The smallest absolute Gasteiger partial charge is 0.198 e. The van der Waals surface area contributed by atoms with Crippen molar-refractivity contribution in [1.82, 2.24) is 9.97 Å². The lowest BCUT2D eigenvalue weighted by Crippen LogP contribution is -2.47. The fourth-order valence-corrected chi connectivity index (χ4v) is 3.88. The van der Waals surface area contributed by atoms with Crippen LogP contribution in [0.15, 0.2) is 65.3 Å². The fourth-order valence-electron chi connectivity index (χ4n) is 3.71. The quantitative estimate of drug-likeness (QED) is 0.477. The minimum absolute atomic E-state index is 0.191. The van der Waals surface area contributed by atoms with Crippen molar-refractivity contribution in [2.45, 2.75) is 0 Å². The molecule has 1 fully saturated rings. The minimum Gasteiger partial charge on any atom is -0.461 e. The lowest BCUT2D eigenvalue weighted by atomic mass is 10.2. The van der Waals surface area contributed by atoms with Crippen LogP contribution in [-0.4, -0.2) is 36.1 Å². The first-order valence-corrected chi connectivity index (χ1v) is 9.82. The highest BCUT2D eigenvalue weighted by Crippen LogP contribution is 2.31. The van der Waals surface area contributed by atoms with E-state index in [0.29, 0.717) is 35.4 Å². The third-order valence-corrected chi connectivity index (χ3v) is 5.39. The van der Waals surface area contributed by atoms with Gasteiger partial charge < -0.3 is 14.2 Å². The molecule has 5 rings (SSSR count). The number of piperazine rings is 1. The van der Waals surface area contributed by atoms with Crippen LogP contribution in [0.1, 0.15) is 0 Å². The van der Waals surface area contributed by atoms with E-state index in [1.54, 1.807) is 12.3 Å². The molecule has 0 atom stereocenters. The molecule has 0 bridgehead atoms. The normalized spacial score (nSPS) is 14.6. The predicted octanol–water partition coefficient (Wildman–Crippen LogP) is 5.01. The molecule has 0 spiro atoms. The lowest BCUT2D eigenvalue weighted by Gasteiger charge is -2.37. The van der Waals surface area contributed by atoms with Crippen LogP contribution in [-0.2, 0) is 0 Å². The van der Waals surface area contributed by atoms with Crippen molar-refractivity contribution >= 4 is 34.0 Å². The molecule has 0 N–H and O–H groups in total. The molecule has 29 heavy (non-hydrogen) atoms. The Kier molecular flexibility index (Phi) is 4.56. The number of benzene rings is 2. The van der Waals surface area contributed by atoms with Crippen LogP contribution < -0.4 is 9.80 Å². The molecule has 0 amide bonds. The summed E-state index contributed by atoms with van der Waals surface area (Å²) < 4.78 is 19.7. The van der Waals surface area contributed by atoms with Crippen LogP contribution in [0.3, 0.4) is 0 Å². The number of anilines is 2. The molecule has 0 saturated carbocycles. The number of furan rings is 1. The van der Waals surface area contributed by atoms with Crippen molar-refractivity contribution in [3.63, 3.8) is 0 Å². The summed E-state index contributed by atoms with van der Waals surface area (Å²) in [5.74, 6) is 1.78. The Balaban J connectivity index is 1.49. The number of fused-ring (bicyclic) bond motifs is 1.